The van der Waals surface area contributed by atoms with Crippen molar-refractivity contribution < 1.29 is 31.1 Å². The van der Waals surface area contributed by atoms with Crippen molar-refractivity contribution in [3.8, 4) is 5.75 Å². The predicted octanol–water partition coefficient (Wildman–Crippen LogP) is 2.18. The molecule has 22 heavy (non-hydrogen) atoms. The third-order valence-corrected chi connectivity index (χ3v) is 5.30. The van der Waals surface area contributed by atoms with Crippen molar-refractivity contribution >= 4 is 16.3 Å². The van der Waals surface area contributed by atoms with Crippen molar-refractivity contribution in [3.63, 3.8) is 0 Å². The molecule has 0 aromatic heterocycles. The van der Waals surface area contributed by atoms with Gasteiger partial charge in [0.1, 0.15) is 12.0 Å². The molecule has 1 aromatic rings. The molecule has 1 saturated heterocycles. The highest BCUT2D eigenvalue weighted by molar-refractivity contribution is 7.89. The molecule has 9 heteroatoms. The fourth-order valence-corrected chi connectivity index (χ4v) is 3.68. The maximum absolute atomic E-state index is 12.4. The van der Waals surface area contributed by atoms with Crippen molar-refractivity contribution in [2.24, 2.45) is 5.92 Å². The van der Waals surface area contributed by atoms with E-state index in [0.717, 1.165) is 30.6 Å². The van der Waals surface area contributed by atoms with Crippen LogP contribution in [-0.2, 0) is 14.8 Å². The van der Waals surface area contributed by atoms with Crippen molar-refractivity contribution in [1.82, 2.24) is 4.31 Å². The molecular formula is C13H14F3NO4S. The molecule has 1 aliphatic heterocycles. The van der Waals surface area contributed by atoms with Crippen LogP contribution in [0.15, 0.2) is 29.2 Å². The Bertz CT molecular complexity index is 620. The molecule has 0 bridgehead atoms. The van der Waals surface area contributed by atoms with E-state index in [4.69, 9.17) is 0 Å². The average molecular weight is 337 g/mol. The lowest BCUT2D eigenvalue weighted by Crippen LogP contribution is -2.38. The molecule has 0 amide bonds. The molecule has 0 atom stereocenters. The fraction of sp³-hybridized carbons (Fsp3) is 0.462. The van der Waals surface area contributed by atoms with Gasteiger partial charge in [-0.3, -0.25) is 0 Å². The largest absolute Gasteiger partial charge is 0.573 e. The van der Waals surface area contributed by atoms with Crippen molar-refractivity contribution in [3.05, 3.63) is 24.3 Å². The van der Waals surface area contributed by atoms with E-state index in [1.165, 1.54) is 4.31 Å². The smallest absolute Gasteiger partial charge is 0.406 e. The second kappa shape index (κ2) is 6.25. The fourth-order valence-electron chi connectivity index (χ4n) is 2.21. The van der Waals surface area contributed by atoms with Crippen molar-refractivity contribution in [2.75, 3.05) is 13.1 Å². The molecule has 0 saturated carbocycles. The molecule has 122 valence electrons. The second-order valence-electron chi connectivity index (χ2n) is 4.90. The first-order chi connectivity index (χ1) is 10.2. The maximum atomic E-state index is 12.4. The molecule has 0 radical (unpaired) electrons. The van der Waals surface area contributed by atoms with Crippen LogP contribution in [0, 0.1) is 5.92 Å². The van der Waals surface area contributed by atoms with Gasteiger partial charge in [-0.15, -0.1) is 13.2 Å². The summed E-state index contributed by atoms with van der Waals surface area (Å²) in [5, 5.41) is 0. The van der Waals surface area contributed by atoms with E-state index in [2.05, 4.69) is 4.74 Å². The Kier molecular flexibility index (Phi) is 4.76. The zero-order valence-corrected chi connectivity index (χ0v) is 12.2. The van der Waals surface area contributed by atoms with E-state index in [1.807, 2.05) is 0 Å². The standard InChI is InChI=1S/C13H14F3NO4S/c14-13(15,16)21-11-1-3-12(4-2-11)22(19,20)17-7-5-10(9-18)6-8-17/h1-4,9-10H,5-8H2. The molecule has 1 aromatic carbocycles. The minimum atomic E-state index is -4.82. The highest BCUT2D eigenvalue weighted by atomic mass is 32.2. The molecule has 1 fully saturated rings. The topological polar surface area (TPSA) is 63.7 Å². The lowest BCUT2D eigenvalue weighted by atomic mass is 10.0. The first-order valence-electron chi connectivity index (χ1n) is 6.53. The number of carbonyl (C=O) groups excluding carboxylic acids is 1. The summed E-state index contributed by atoms with van der Waals surface area (Å²) in [6.45, 7) is 0.430. The van der Waals surface area contributed by atoms with E-state index in [0.29, 0.717) is 12.8 Å². The Balaban J connectivity index is 2.11. The molecule has 0 aliphatic carbocycles. The first kappa shape index (κ1) is 16.8. The highest BCUT2D eigenvalue weighted by Crippen LogP contribution is 2.26. The molecule has 1 aliphatic rings. The Morgan fingerprint density at radius 2 is 1.68 bits per heavy atom. The number of nitrogens with zero attached hydrogens (tertiary/aromatic N) is 1. The summed E-state index contributed by atoms with van der Waals surface area (Å²) in [6, 6.07) is 4.06. The Morgan fingerprint density at radius 3 is 2.14 bits per heavy atom. The normalized spacial score (nSPS) is 18.1. The summed E-state index contributed by atoms with van der Waals surface area (Å²) in [5.41, 5.74) is 0. The van der Waals surface area contributed by atoms with E-state index < -0.39 is 22.1 Å². The number of ether oxygens (including phenoxy) is 1. The summed E-state index contributed by atoms with van der Waals surface area (Å²) >= 11 is 0. The third kappa shape index (κ3) is 3.98. The summed E-state index contributed by atoms with van der Waals surface area (Å²) < 4.78 is 65.8. The lowest BCUT2D eigenvalue weighted by Gasteiger charge is -2.28. The van der Waals surface area contributed by atoms with Crippen LogP contribution >= 0.6 is 0 Å². The summed E-state index contributed by atoms with van der Waals surface area (Å²) in [7, 11) is -3.77. The summed E-state index contributed by atoms with van der Waals surface area (Å²) in [5.74, 6) is -0.625. The Morgan fingerprint density at radius 1 is 1.14 bits per heavy atom. The highest BCUT2D eigenvalue weighted by Gasteiger charge is 2.32. The van der Waals surface area contributed by atoms with Gasteiger partial charge in [0.25, 0.3) is 0 Å². The van der Waals surface area contributed by atoms with E-state index in [-0.39, 0.29) is 23.9 Å². The van der Waals surface area contributed by atoms with Gasteiger partial charge in [-0.2, -0.15) is 4.31 Å². The number of carbonyl (C=O) groups is 1. The Labute approximate surface area is 125 Å². The number of alkyl halides is 3. The predicted molar refractivity (Wildman–Crippen MR) is 70.7 cm³/mol. The van der Waals surface area contributed by atoms with Crippen LogP contribution in [0.25, 0.3) is 0 Å². The maximum Gasteiger partial charge on any atom is 0.573 e. The van der Waals surface area contributed by atoms with E-state index in [9.17, 15) is 26.4 Å². The van der Waals surface area contributed by atoms with Gasteiger partial charge in [0.15, 0.2) is 0 Å². The van der Waals surface area contributed by atoms with Gasteiger partial charge in [-0.25, -0.2) is 8.42 Å². The number of hydrogen-bond donors (Lipinski definition) is 0. The van der Waals surface area contributed by atoms with Crippen LogP contribution in [0.4, 0.5) is 13.2 Å². The summed E-state index contributed by atoms with van der Waals surface area (Å²) in [4.78, 5) is 10.6. The number of aldehydes is 1. The second-order valence-corrected chi connectivity index (χ2v) is 6.83. The third-order valence-electron chi connectivity index (χ3n) is 3.39. The van der Waals surface area contributed by atoms with Crippen LogP contribution in [-0.4, -0.2) is 38.5 Å². The summed E-state index contributed by atoms with van der Waals surface area (Å²) in [6.07, 6.45) is -3.12. The molecular weight excluding hydrogens is 323 g/mol. The van der Waals surface area contributed by atoms with Crippen LogP contribution in [0.5, 0.6) is 5.75 Å². The number of halogens is 3. The van der Waals surface area contributed by atoms with Crippen LogP contribution < -0.4 is 4.74 Å². The minimum absolute atomic E-state index is 0.105. The van der Waals surface area contributed by atoms with Gasteiger partial charge in [0.05, 0.1) is 4.90 Å². The zero-order chi connectivity index (χ0) is 16.4. The zero-order valence-electron chi connectivity index (χ0n) is 11.4. The number of sulfonamides is 1. The molecule has 2 rings (SSSR count). The van der Waals surface area contributed by atoms with Gasteiger partial charge < -0.3 is 9.53 Å². The monoisotopic (exact) mass is 337 g/mol. The van der Waals surface area contributed by atoms with Crippen molar-refractivity contribution in [2.45, 2.75) is 24.1 Å². The van der Waals surface area contributed by atoms with Gasteiger partial charge in [0.2, 0.25) is 10.0 Å². The number of rotatable bonds is 4. The number of piperidine rings is 1. The molecule has 0 spiro atoms. The molecule has 1 heterocycles. The van der Waals surface area contributed by atoms with Crippen molar-refractivity contribution in [1.29, 1.82) is 0 Å². The lowest BCUT2D eigenvalue weighted by molar-refractivity contribution is -0.274. The van der Waals surface area contributed by atoms with Gasteiger partial charge >= 0.3 is 6.36 Å². The SMILES string of the molecule is O=CC1CCN(S(=O)(=O)c2ccc(OC(F)(F)F)cc2)CC1. The average Bonchev–Trinajstić information content (AvgIpc) is 2.46. The van der Waals surface area contributed by atoms with Crippen LogP contribution in [0.3, 0.4) is 0 Å². The Hall–Kier alpha value is -1.61. The quantitative estimate of drug-likeness (QED) is 0.790. The van der Waals surface area contributed by atoms with Crippen LogP contribution in [0.1, 0.15) is 12.8 Å². The number of hydrogen-bond acceptors (Lipinski definition) is 4. The van der Waals surface area contributed by atoms with Crippen LogP contribution in [0.2, 0.25) is 0 Å². The minimum Gasteiger partial charge on any atom is -0.406 e. The van der Waals surface area contributed by atoms with Gasteiger partial charge in [0, 0.05) is 19.0 Å². The molecule has 0 unspecified atom stereocenters. The molecule has 5 nitrogen and oxygen atoms in total. The van der Waals surface area contributed by atoms with E-state index >= 15 is 0 Å². The number of benzene rings is 1. The van der Waals surface area contributed by atoms with Gasteiger partial charge in [-0.05, 0) is 37.1 Å². The van der Waals surface area contributed by atoms with Gasteiger partial charge in [-0.1, -0.05) is 0 Å². The first-order valence-corrected chi connectivity index (χ1v) is 7.97. The van der Waals surface area contributed by atoms with E-state index in [1.54, 1.807) is 0 Å². The molecule has 0 N–H and O–H groups in total.